The van der Waals surface area contributed by atoms with E-state index in [4.69, 9.17) is 5.11 Å². The molecular weight excluding hydrogens is 438 g/mol. The van der Waals surface area contributed by atoms with Gasteiger partial charge in [-0.05, 0) is 62.8 Å². The van der Waals surface area contributed by atoms with Crippen LogP contribution in [0.2, 0.25) is 0 Å². The molecule has 0 spiro atoms. The van der Waals surface area contributed by atoms with Crippen LogP contribution < -0.4 is 5.32 Å². The Morgan fingerprint density at radius 3 is 1.66 bits per heavy atom. The van der Waals surface area contributed by atoms with Crippen LogP contribution in [0.15, 0.2) is 70.5 Å². The molecular formula is C26H31NO3S2. The van der Waals surface area contributed by atoms with Crippen LogP contribution in [0.3, 0.4) is 0 Å². The van der Waals surface area contributed by atoms with E-state index in [0.29, 0.717) is 6.04 Å². The van der Waals surface area contributed by atoms with Crippen LogP contribution >= 0.6 is 23.5 Å². The number of aliphatic carboxylic acids is 1. The smallest absolute Gasteiger partial charge is 0.320 e. The third kappa shape index (κ3) is 6.10. The zero-order valence-corrected chi connectivity index (χ0v) is 19.9. The second-order valence-corrected chi connectivity index (χ2v) is 11.8. The fourth-order valence-corrected chi connectivity index (χ4v) is 6.29. The first-order chi connectivity index (χ1) is 15.5. The van der Waals surface area contributed by atoms with Crippen LogP contribution in [-0.4, -0.2) is 32.5 Å². The Kier molecular flexibility index (Phi) is 7.51. The first kappa shape index (κ1) is 23.2. The van der Waals surface area contributed by atoms with Crippen LogP contribution in [-0.2, 0) is 9.59 Å². The summed E-state index contributed by atoms with van der Waals surface area (Å²) < 4.78 is -0.680. The Labute approximate surface area is 198 Å². The quantitative estimate of drug-likeness (QED) is 0.509. The lowest BCUT2D eigenvalue weighted by atomic mass is 9.95. The molecule has 0 radical (unpaired) electrons. The van der Waals surface area contributed by atoms with Crippen molar-refractivity contribution in [2.45, 2.75) is 83.1 Å². The molecule has 5 rings (SSSR count). The maximum atomic E-state index is 12.5. The third-order valence-corrected chi connectivity index (χ3v) is 9.24. The van der Waals surface area contributed by atoms with Gasteiger partial charge in [-0.2, -0.15) is 0 Å². The second-order valence-electron chi connectivity index (χ2n) is 8.93. The van der Waals surface area contributed by atoms with Gasteiger partial charge < -0.3 is 10.4 Å². The summed E-state index contributed by atoms with van der Waals surface area (Å²) in [6.45, 7) is 0. The molecule has 0 saturated heterocycles. The SMILES string of the molecule is O=C(NC1CCCCC1)C1(Sc2ccccc2)CC1.O=C(O)C1(Sc2ccccc2)CC1. The highest BCUT2D eigenvalue weighted by Gasteiger charge is 2.52. The lowest BCUT2D eigenvalue weighted by Gasteiger charge is -2.25. The number of nitrogens with one attached hydrogen (secondary N) is 1. The molecule has 6 heteroatoms. The molecule has 0 aliphatic heterocycles. The monoisotopic (exact) mass is 469 g/mol. The maximum Gasteiger partial charge on any atom is 0.320 e. The molecule has 0 atom stereocenters. The van der Waals surface area contributed by atoms with Gasteiger partial charge in [0.2, 0.25) is 5.91 Å². The standard InChI is InChI=1S/C16H21NOS.C10H10O2S/c18-15(17-13-7-3-1-4-8-13)16(11-12-16)19-14-9-5-2-6-10-14;11-9(12)10(6-7-10)13-8-4-2-1-3-5-8/h2,5-6,9-10,13H,1,3-4,7-8,11-12H2,(H,17,18);1-5H,6-7H2,(H,11,12). The zero-order chi connectivity index (χ0) is 22.4. The Morgan fingerprint density at radius 1 is 0.750 bits per heavy atom. The van der Waals surface area contributed by atoms with Crippen molar-refractivity contribution in [2.24, 2.45) is 0 Å². The van der Waals surface area contributed by atoms with Crippen molar-refractivity contribution < 1.29 is 14.7 Å². The van der Waals surface area contributed by atoms with Gasteiger partial charge in [-0.25, -0.2) is 0 Å². The number of thioether (sulfide) groups is 2. The number of amides is 1. The first-order valence-electron chi connectivity index (χ1n) is 11.5. The van der Waals surface area contributed by atoms with E-state index in [1.165, 1.54) is 35.9 Å². The number of benzene rings is 2. The summed E-state index contributed by atoms with van der Waals surface area (Å²) in [6.07, 6.45) is 9.82. The minimum Gasteiger partial charge on any atom is -0.480 e. The first-order valence-corrected chi connectivity index (χ1v) is 13.2. The summed E-state index contributed by atoms with van der Waals surface area (Å²) in [4.78, 5) is 25.6. The molecule has 3 fully saturated rings. The number of rotatable bonds is 7. The van der Waals surface area contributed by atoms with Crippen molar-refractivity contribution in [3.63, 3.8) is 0 Å². The van der Waals surface area contributed by atoms with E-state index in [9.17, 15) is 9.59 Å². The average molecular weight is 470 g/mol. The number of carbonyl (C=O) groups is 2. The van der Waals surface area contributed by atoms with E-state index < -0.39 is 10.7 Å². The fourth-order valence-electron chi connectivity index (χ4n) is 3.95. The van der Waals surface area contributed by atoms with Crippen LogP contribution in [0, 0.1) is 0 Å². The van der Waals surface area contributed by atoms with Gasteiger partial charge in [-0.3, -0.25) is 9.59 Å². The number of carboxylic acids is 1. The summed E-state index contributed by atoms with van der Waals surface area (Å²) in [5.74, 6) is -0.408. The van der Waals surface area contributed by atoms with Gasteiger partial charge in [0.15, 0.2) is 0 Å². The highest BCUT2D eigenvalue weighted by atomic mass is 32.2. The van der Waals surface area contributed by atoms with Crippen LogP contribution in [0.25, 0.3) is 0 Å². The molecule has 1 amide bonds. The Hall–Kier alpha value is -1.92. The van der Waals surface area contributed by atoms with E-state index in [-0.39, 0.29) is 10.7 Å². The summed E-state index contributed by atoms with van der Waals surface area (Å²) in [5.41, 5.74) is 0. The lowest BCUT2D eigenvalue weighted by Crippen LogP contribution is -2.42. The minimum atomic E-state index is -0.679. The summed E-state index contributed by atoms with van der Waals surface area (Å²) in [7, 11) is 0. The third-order valence-electron chi connectivity index (χ3n) is 6.27. The fraction of sp³-hybridized carbons (Fsp3) is 0.462. The van der Waals surface area contributed by atoms with Gasteiger partial charge in [0.1, 0.15) is 4.75 Å². The predicted octanol–water partition coefficient (Wildman–Crippen LogP) is 6.16. The molecule has 0 bridgehead atoms. The molecule has 32 heavy (non-hydrogen) atoms. The number of hydrogen-bond acceptors (Lipinski definition) is 4. The maximum absolute atomic E-state index is 12.5. The topological polar surface area (TPSA) is 66.4 Å². The van der Waals surface area contributed by atoms with Gasteiger partial charge in [-0.1, -0.05) is 55.7 Å². The second kappa shape index (κ2) is 10.3. The van der Waals surface area contributed by atoms with Gasteiger partial charge in [0.05, 0.1) is 4.75 Å². The van der Waals surface area contributed by atoms with Crippen LogP contribution in [0.5, 0.6) is 0 Å². The molecule has 4 nitrogen and oxygen atoms in total. The normalized spacial score (nSPS) is 20.4. The van der Waals surface area contributed by atoms with E-state index in [1.54, 1.807) is 11.8 Å². The summed E-state index contributed by atoms with van der Waals surface area (Å²) in [5, 5.41) is 12.2. The molecule has 0 heterocycles. The largest absolute Gasteiger partial charge is 0.480 e. The highest BCUT2D eigenvalue weighted by molar-refractivity contribution is 8.02. The van der Waals surface area contributed by atoms with Gasteiger partial charge in [0.25, 0.3) is 0 Å². The molecule has 3 aliphatic rings. The zero-order valence-electron chi connectivity index (χ0n) is 18.3. The van der Waals surface area contributed by atoms with E-state index in [1.807, 2.05) is 48.5 Å². The molecule has 0 unspecified atom stereocenters. The van der Waals surface area contributed by atoms with Crippen molar-refractivity contribution in [1.29, 1.82) is 0 Å². The van der Waals surface area contributed by atoms with Crippen molar-refractivity contribution >= 4 is 35.4 Å². The molecule has 2 N–H and O–H groups in total. The number of hydrogen-bond donors (Lipinski definition) is 2. The van der Waals surface area contributed by atoms with E-state index in [0.717, 1.165) is 43.4 Å². The van der Waals surface area contributed by atoms with Gasteiger partial charge in [-0.15, -0.1) is 23.5 Å². The summed E-state index contributed by atoms with van der Waals surface area (Å²) in [6, 6.07) is 20.4. The number of carbonyl (C=O) groups excluding carboxylic acids is 1. The Morgan fingerprint density at radius 2 is 1.22 bits per heavy atom. The van der Waals surface area contributed by atoms with Crippen molar-refractivity contribution in [1.82, 2.24) is 5.32 Å². The lowest BCUT2D eigenvalue weighted by molar-refractivity contribution is -0.137. The summed E-state index contributed by atoms with van der Waals surface area (Å²) >= 11 is 3.21. The molecule has 3 saturated carbocycles. The van der Waals surface area contributed by atoms with Crippen molar-refractivity contribution in [3.05, 3.63) is 60.7 Å². The number of carboxylic acid groups (broad SMARTS) is 1. The molecule has 2 aromatic rings. The van der Waals surface area contributed by atoms with Gasteiger partial charge >= 0.3 is 5.97 Å². The van der Waals surface area contributed by atoms with E-state index >= 15 is 0 Å². The Balaban J connectivity index is 0.000000165. The Bertz CT molecular complexity index is 905. The van der Waals surface area contributed by atoms with Crippen LogP contribution in [0.4, 0.5) is 0 Å². The molecule has 170 valence electrons. The molecule has 0 aromatic heterocycles. The van der Waals surface area contributed by atoms with Crippen molar-refractivity contribution in [3.8, 4) is 0 Å². The average Bonchev–Trinajstić information content (AvgIpc) is 3.74. The van der Waals surface area contributed by atoms with Gasteiger partial charge in [0, 0.05) is 15.8 Å². The molecule has 2 aromatic carbocycles. The van der Waals surface area contributed by atoms with E-state index in [2.05, 4.69) is 17.4 Å². The van der Waals surface area contributed by atoms with Crippen molar-refractivity contribution in [2.75, 3.05) is 0 Å². The highest BCUT2D eigenvalue weighted by Crippen LogP contribution is 2.52. The minimum absolute atomic E-state index is 0.168. The van der Waals surface area contributed by atoms with Crippen LogP contribution in [0.1, 0.15) is 57.8 Å². The molecule has 3 aliphatic carbocycles. The predicted molar refractivity (Wildman–Crippen MR) is 131 cm³/mol.